The van der Waals surface area contributed by atoms with Crippen molar-refractivity contribution in [2.45, 2.75) is 43.2 Å². The molecule has 99 heavy (non-hydrogen) atoms. The summed E-state index contributed by atoms with van der Waals surface area (Å²) in [5, 5.41) is 84.8. The SMILES string of the molecule is Cc1cc(N=Nc2c(S(=O)(=O)[O-])cc3cc(Nc4ccc5c([O-])c(N=Nc6cc(C)c(N=Nc7cc(S(=O)(=O)[O-])c8cccc(S(=O)(=O)[O-])c8c7)cc6[O-])c(S(=O)(=O)[O-])cc5c4)ccc3c2[O-])c([O-])cc1N=Nc1cc(S(=O)(=O)[O-])c2cccc(S(=O)(=O)[O-])c2c1.[Cu+2].[Cu+2].[Na+].[Na+].[Na+].[Na+].[Na+].[Na+]. The minimum absolute atomic E-state index is 0. The van der Waals surface area contributed by atoms with Crippen LogP contribution in [0.2, 0.25) is 0 Å². The van der Waals surface area contributed by atoms with E-state index in [-0.39, 0.29) is 267 Å². The fraction of sp³-hybridized carbons (Fsp3) is 0.0370. The second-order valence-corrected chi connectivity index (χ2v) is 27.5. The van der Waals surface area contributed by atoms with Gasteiger partial charge < -0.3 is 53.1 Å². The maximum atomic E-state index is 13.8. The summed E-state index contributed by atoms with van der Waals surface area (Å²) in [7, 11) is -32.1. The molecule has 0 saturated heterocycles. The number of hydrogen-bond donors (Lipinski definition) is 1. The molecule has 0 bridgehead atoms. The van der Waals surface area contributed by atoms with Crippen LogP contribution in [-0.4, -0.2) is 77.8 Å². The van der Waals surface area contributed by atoms with E-state index in [0.717, 1.165) is 97.1 Å². The van der Waals surface area contributed by atoms with Crippen LogP contribution in [0.15, 0.2) is 204 Å². The summed E-state index contributed by atoms with van der Waals surface area (Å²) in [6, 6.07) is 22.3. The minimum Gasteiger partial charge on any atom is -0.871 e. The quantitative estimate of drug-likeness (QED) is 0.0533. The molecule has 0 amide bonds. The van der Waals surface area contributed by atoms with Gasteiger partial charge in [-0.25, -0.2) is 50.5 Å². The number of azo groups is 4. The molecule has 0 aliphatic rings. The fourth-order valence-corrected chi connectivity index (χ4v) is 13.4. The average molecular weight is 1610 g/mol. The molecular formula is C54H29Cu2N9Na6O22S6. The zero-order valence-electron chi connectivity index (χ0n) is 51.8. The molecule has 10 aromatic carbocycles. The second-order valence-electron chi connectivity index (χ2n) is 19.4. The fourth-order valence-electron chi connectivity index (χ4n) is 9.28. The maximum Gasteiger partial charge on any atom is 2.00 e. The van der Waals surface area contributed by atoms with Crippen LogP contribution >= 0.6 is 0 Å². The second kappa shape index (κ2) is 35.5. The van der Waals surface area contributed by atoms with E-state index in [2.05, 4.69) is 46.2 Å². The van der Waals surface area contributed by atoms with Crippen LogP contribution in [0, 0.1) is 13.8 Å². The molecule has 0 unspecified atom stereocenters. The summed E-state index contributed by atoms with van der Waals surface area (Å²) in [6.07, 6.45) is 0. The van der Waals surface area contributed by atoms with E-state index in [4.69, 9.17) is 0 Å². The summed E-state index contributed by atoms with van der Waals surface area (Å²) in [5.74, 6) is -4.23. The number of nitrogens with one attached hydrogen (secondary N) is 1. The molecule has 10 rings (SSSR count). The molecule has 1 N–H and O–H groups in total. The maximum absolute atomic E-state index is 13.8. The van der Waals surface area contributed by atoms with Crippen molar-refractivity contribution in [1.82, 2.24) is 0 Å². The first-order chi connectivity index (χ1) is 42.3. The van der Waals surface area contributed by atoms with E-state index in [9.17, 15) is 98.2 Å². The van der Waals surface area contributed by atoms with Crippen LogP contribution < -0.4 is 203 Å². The Kier molecular flexibility index (Phi) is 33.1. The Morgan fingerprint density at radius 1 is 0.303 bits per heavy atom. The van der Waals surface area contributed by atoms with Gasteiger partial charge >= 0.3 is 211 Å². The van der Waals surface area contributed by atoms with Gasteiger partial charge in [-0.2, -0.15) is 30.7 Å². The molecule has 0 atom stereocenters. The first kappa shape index (κ1) is 92.2. The Balaban J connectivity index is 0.00000417. The monoisotopic (exact) mass is 1610 g/mol. The van der Waals surface area contributed by atoms with Crippen LogP contribution in [0.1, 0.15) is 11.1 Å². The molecule has 0 aliphatic heterocycles. The van der Waals surface area contributed by atoms with E-state index >= 15 is 0 Å². The zero-order chi connectivity index (χ0) is 66.2. The summed E-state index contributed by atoms with van der Waals surface area (Å²) < 4.78 is 220. The summed E-state index contributed by atoms with van der Waals surface area (Å²) in [5.41, 5.74) is -3.90. The molecule has 2 radical (unpaired) electrons. The molecule has 10 aromatic rings. The van der Waals surface area contributed by atoms with Crippen molar-refractivity contribution in [3.05, 3.63) is 145 Å². The Labute approximate surface area is 716 Å². The number of aryl methyl sites for hydroxylation is 2. The van der Waals surface area contributed by atoms with Crippen molar-refractivity contribution in [3.63, 3.8) is 0 Å². The first-order valence-corrected chi connectivity index (χ1v) is 33.3. The van der Waals surface area contributed by atoms with Gasteiger partial charge in [-0.1, -0.05) is 59.4 Å². The number of fused-ring (bicyclic) bond motifs is 4. The van der Waals surface area contributed by atoms with Gasteiger partial charge in [0.2, 0.25) is 0 Å². The standard InChI is InChI=1S/C54H39N9O22S6.2Cu.6Na/c1-25-13-41(43(64)23-39(25)58-56-31-19-37-35(47(21-31)88(74,75)76)5-3-7-45(37)86(68,69)70)60-62-51-49(90(80,81)82)17-27-15-29(9-11-33(27)53(51)66)55-30-10-12-34-28(16-30)18-50(91(83,84)85)52(54(34)67)63-61-42-14-26(2)40(24-44(42)65)59-57-32-20-38-36(48(22-32)89(77,78)79)6-4-8-46(38)87(71,72)73;;;;;;;;/h3-24,55,64-67H,1-2H3,(H,68,69,70)(H,71,72,73)(H,74,75,76)(H,77,78,79)(H,80,81,82)(H,83,84,85);;;;;;;;/q;2*+2;6*+1/p-10. The van der Waals surface area contributed by atoms with Gasteiger partial charge in [0.05, 0.1) is 74.9 Å². The molecule has 0 heterocycles. The molecule has 0 aromatic heterocycles. The third kappa shape index (κ3) is 20.8. The Bertz CT molecular complexity index is 5410. The van der Waals surface area contributed by atoms with E-state index in [1.807, 2.05) is 0 Å². The number of rotatable bonds is 16. The Morgan fingerprint density at radius 2 is 0.616 bits per heavy atom. The molecule has 486 valence electrons. The van der Waals surface area contributed by atoms with Gasteiger partial charge in [-0.3, -0.25) is 0 Å². The average Bonchev–Trinajstić information content (AvgIpc) is 0.781. The van der Waals surface area contributed by atoms with Crippen LogP contribution in [0.4, 0.5) is 56.9 Å². The van der Waals surface area contributed by atoms with Crippen LogP contribution in [-0.2, 0) is 94.8 Å². The van der Waals surface area contributed by atoms with E-state index < -0.39 is 169 Å². The number of benzene rings is 10. The Morgan fingerprint density at radius 3 is 0.929 bits per heavy atom. The third-order valence-corrected chi connectivity index (χ3v) is 18.6. The smallest absolute Gasteiger partial charge is 0.871 e. The zero-order valence-corrected chi connectivity index (χ0v) is 70.6. The van der Waals surface area contributed by atoms with Gasteiger partial charge in [0.25, 0.3) is 0 Å². The molecule has 0 spiro atoms. The van der Waals surface area contributed by atoms with E-state index in [0.29, 0.717) is 0 Å². The Hall–Kier alpha value is -2.86. The van der Waals surface area contributed by atoms with Crippen molar-refractivity contribution >= 4 is 161 Å². The normalized spacial score (nSPS) is 12.1. The predicted molar refractivity (Wildman–Crippen MR) is 304 cm³/mol. The number of hydrogen-bond acceptors (Lipinski definition) is 31. The molecule has 0 saturated carbocycles. The van der Waals surface area contributed by atoms with Crippen LogP contribution in [0.25, 0.3) is 43.1 Å². The van der Waals surface area contributed by atoms with Gasteiger partial charge in [-0.05, 0) is 144 Å². The van der Waals surface area contributed by atoms with Crippen molar-refractivity contribution in [2.75, 3.05) is 5.32 Å². The van der Waals surface area contributed by atoms with Crippen LogP contribution in [0.5, 0.6) is 23.0 Å². The molecule has 45 heteroatoms. The summed E-state index contributed by atoms with van der Waals surface area (Å²) in [6.45, 7) is 2.74. The van der Waals surface area contributed by atoms with Crippen molar-refractivity contribution < 1.29 is 310 Å². The van der Waals surface area contributed by atoms with Gasteiger partial charge in [0.1, 0.15) is 60.7 Å². The van der Waals surface area contributed by atoms with Gasteiger partial charge in [-0.15, -0.1) is 10.2 Å². The molecule has 0 fully saturated rings. The summed E-state index contributed by atoms with van der Waals surface area (Å²) >= 11 is 0. The minimum atomic E-state index is -5.54. The van der Waals surface area contributed by atoms with Crippen molar-refractivity contribution in [3.8, 4) is 23.0 Å². The largest absolute Gasteiger partial charge is 2.00 e. The van der Waals surface area contributed by atoms with Gasteiger partial charge in [0.15, 0.2) is 0 Å². The van der Waals surface area contributed by atoms with Crippen molar-refractivity contribution in [1.29, 1.82) is 0 Å². The molecule has 0 aliphatic carbocycles. The van der Waals surface area contributed by atoms with E-state index in [1.165, 1.54) is 50.2 Å². The first-order valence-electron chi connectivity index (χ1n) is 24.9. The topological polar surface area (TPSA) is 546 Å². The summed E-state index contributed by atoms with van der Waals surface area (Å²) in [4.78, 5) is -5.94. The van der Waals surface area contributed by atoms with Gasteiger partial charge in [0, 0.05) is 32.9 Å². The molecular weight excluding hydrogens is 1580 g/mol. The third-order valence-electron chi connectivity index (χ3n) is 13.4. The predicted octanol–water partition coefficient (Wildman–Crippen LogP) is -9.94. The van der Waals surface area contributed by atoms with Crippen LogP contribution in [0.3, 0.4) is 0 Å². The molecule has 31 nitrogen and oxygen atoms in total. The number of nitrogens with zero attached hydrogens (tertiary/aromatic N) is 8. The van der Waals surface area contributed by atoms with Crippen molar-refractivity contribution in [2.24, 2.45) is 40.9 Å². The number of anilines is 2. The van der Waals surface area contributed by atoms with E-state index in [1.54, 1.807) is 0 Å².